The average Bonchev–Trinajstić information content (AvgIpc) is 2.84. The molecule has 0 aliphatic heterocycles. The molecule has 0 radical (unpaired) electrons. The molecule has 0 bridgehead atoms. The van der Waals surface area contributed by atoms with Crippen molar-refractivity contribution in [3.8, 4) is 0 Å². The summed E-state index contributed by atoms with van der Waals surface area (Å²) in [6, 6.07) is 9.85. The van der Waals surface area contributed by atoms with Crippen LogP contribution in [0.4, 0.5) is 0 Å². The molecule has 2 rings (SSSR count). The van der Waals surface area contributed by atoms with Crippen molar-refractivity contribution in [2.24, 2.45) is 0 Å². The summed E-state index contributed by atoms with van der Waals surface area (Å²) in [7, 11) is -3.27. The fourth-order valence-corrected chi connectivity index (χ4v) is 2.89. The van der Waals surface area contributed by atoms with E-state index in [0.29, 0.717) is 18.0 Å². The lowest BCUT2D eigenvalue weighted by Gasteiger charge is -2.05. The molecule has 0 spiro atoms. The van der Waals surface area contributed by atoms with Gasteiger partial charge >= 0.3 is 0 Å². The molecule has 2 aromatic rings. The van der Waals surface area contributed by atoms with E-state index in [0.717, 1.165) is 12.0 Å². The fourth-order valence-electron chi connectivity index (χ4n) is 1.86. The molecule has 0 atom stereocenters. The van der Waals surface area contributed by atoms with Crippen LogP contribution in [-0.4, -0.2) is 19.2 Å². The summed E-state index contributed by atoms with van der Waals surface area (Å²) >= 11 is 0. The maximum Gasteiger partial charge on any atom is 0.211 e. The van der Waals surface area contributed by atoms with Crippen LogP contribution in [0.5, 0.6) is 0 Å². The molecule has 0 saturated carbocycles. The van der Waals surface area contributed by atoms with Crippen LogP contribution in [0.25, 0.3) is 0 Å². The van der Waals surface area contributed by atoms with E-state index in [-0.39, 0.29) is 12.3 Å². The Morgan fingerprint density at radius 2 is 2.00 bits per heavy atom. The molecule has 5 nitrogen and oxygen atoms in total. The quantitative estimate of drug-likeness (QED) is 0.848. The molecule has 0 amide bonds. The van der Waals surface area contributed by atoms with Gasteiger partial charge in [-0.2, -0.15) is 0 Å². The third-order valence-corrected chi connectivity index (χ3v) is 4.27. The predicted octanol–water partition coefficient (Wildman–Crippen LogP) is 2.04. The lowest BCUT2D eigenvalue weighted by atomic mass is 10.1. The number of hydrogen-bond donors (Lipinski definition) is 1. The maximum absolute atomic E-state index is 11.8. The van der Waals surface area contributed by atoms with Crippen molar-refractivity contribution in [3.05, 3.63) is 53.7 Å². The monoisotopic (exact) mass is 294 g/mol. The summed E-state index contributed by atoms with van der Waals surface area (Å²) in [5.74, 6) is 0.641. The molecule has 1 N–H and O–H groups in total. The van der Waals surface area contributed by atoms with E-state index in [1.165, 1.54) is 6.26 Å². The number of oxazole rings is 1. The van der Waals surface area contributed by atoms with Crippen molar-refractivity contribution < 1.29 is 12.8 Å². The van der Waals surface area contributed by atoms with Crippen LogP contribution in [0.3, 0.4) is 0 Å². The first-order valence-electron chi connectivity index (χ1n) is 6.47. The van der Waals surface area contributed by atoms with Gasteiger partial charge in [-0.05, 0) is 18.4 Å². The molecule has 0 unspecified atom stereocenters. The highest BCUT2D eigenvalue weighted by molar-refractivity contribution is 7.89. The van der Waals surface area contributed by atoms with Crippen LogP contribution in [0, 0.1) is 6.92 Å². The van der Waals surface area contributed by atoms with Crippen molar-refractivity contribution in [2.75, 3.05) is 5.75 Å². The van der Waals surface area contributed by atoms with Crippen molar-refractivity contribution in [2.45, 2.75) is 26.3 Å². The van der Waals surface area contributed by atoms with Gasteiger partial charge in [0.15, 0.2) is 5.89 Å². The van der Waals surface area contributed by atoms with E-state index in [2.05, 4.69) is 9.71 Å². The molecule has 0 saturated heterocycles. The molecular weight excluding hydrogens is 276 g/mol. The standard InChI is InChI=1S/C14H18N2O3S/c1-12-16-14(11-19-12)10-15-20(17,18)9-5-8-13-6-3-2-4-7-13/h2-4,6-7,11,15H,5,8-10H2,1H3. The third kappa shape index (κ3) is 4.79. The topological polar surface area (TPSA) is 72.2 Å². The van der Waals surface area contributed by atoms with E-state index < -0.39 is 10.0 Å². The fraction of sp³-hybridized carbons (Fsp3) is 0.357. The van der Waals surface area contributed by atoms with E-state index >= 15 is 0 Å². The second kappa shape index (κ2) is 6.67. The first-order chi connectivity index (χ1) is 9.55. The third-order valence-electron chi connectivity index (χ3n) is 2.86. The van der Waals surface area contributed by atoms with Crippen molar-refractivity contribution in [1.29, 1.82) is 0 Å². The summed E-state index contributed by atoms with van der Waals surface area (Å²) in [4.78, 5) is 4.05. The van der Waals surface area contributed by atoms with Crippen LogP contribution >= 0.6 is 0 Å². The van der Waals surface area contributed by atoms with Crippen molar-refractivity contribution in [1.82, 2.24) is 9.71 Å². The SMILES string of the molecule is Cc1nc(CNS(=O)(=O)CCCc2ccccc2)co1. The number of sulfonamides is 1. The summed E-state index contributed by atoms with van der Waals surface area (Å²) in [5.41, 5.74) is 1.74. The Bertz CT molecular complexity index is 635. The molecule has 6 heteroatoms. The van der Waals surface area contributed by atoms with E-state index in [1.54, 1.807) is 6.92 Å². The van der Waals surface area contributed by atoms with Gasteiger partial charge in [-0.15, -0.1) is 0 Å². The minimum atomic E-state index is -3.27. The molecule has 0 fully saturated rings. The zero-order valence-electron chi connectivity index (χ0n) is 11.4. The van der Waals surface area contributed by atoms with Crippen LogP contribution in [0.2, 0.25) is 0 Å². The van der Waals surface area contributed by atoms with Crippen LogP contribution in [0.15, 0.2) is 41.0 Å². The molecule has 1 aromatic carbocycles. The van der Waals surface area contributed by atoms with Crippen LogP contribution < -0.4 is 4.72 Å². The Kier molecular flexibility index (Phi) is 4.92. The van der Waals surface area contributed by atoms with Gasteiger partial charge in [0, 0.05) is 6.92 Å². The second-order valence-corrected chi connectivity index (χ2v) is 6.51. The maximum atomic E-state index is 11.8. The number of nitrogens with one attached hydrogen (secondary N) is 1. The lowest BCUT2D eigenvalue weighted by Crippen LogP contribution is -2.26. The number of benzene rings is 1. The molecule has 108 valence electrons. The van der Waals surface area contributed by atoms with Gasteiger partial charge in [0.25, 0.3) is 0 Å². The summed E-state index contributed by atoms with van der Waals surface area (Å²) < 4.78 is 31.2. The Labute approximate surface area is 119 Å². The normalized spacial score (nSPS) is 11.7. The summed E-state index contributed by atoms with van der Waals surface area (Å²) in [6.07, 6.45) is 2.81. The summed E-state index contributed by atoms with van der Waals surface area (Å²) in [5, 5.41) is 0. The average molecular weight is 294 g/mol. The Hall–Kier alpha value is -1.66. The van der Waals surface area contributed by atoms with E-state index in [4.69, 9.17) is 4.42 Å². The summed E-state index contributed by atoms with van der Waals surface area (Å²) in [6.45, 7) is 1.89. The first kappa shape index (κ1) is 14.7. The van der Waals surface area contributed by atoms with Crippen molar-refractivity contribution in [3.63, 3.8) is 0 Å². The zero-order chi connectivity index (χ0) is 14.4. The molecule has 0 aliphatic rings. The number of rotatable bonds is 7. The van der Waals surface area contributed by atoms with Gasteiger partial charge in [-0.3, -0.25) is 0 Å². The van der Waals surface area contributed by atoms with Gasteiger partial charge in [0.2, 0.25) is 10.0 Å². The van der Waals surface area contributed by atoms with E-state index in [9.17, 15) is 8.42 Å². The minimum Gasteiger partial charge on any atom is -0.449 e. The number of aryl methyl sites for hydroxylation is 2. The largest absolute Gasteiger partial charge is 0.449 e. The predicted molar refractivity (Wildman–Crippen MR) is 76.6 cm³/mol. The number of aromatic nitrogens is 1. The van der Waals surface area contributed by atoms with Crippen molar-refractivity contribution >= 4 is 10.0 Å². The molecule has 1 aromatic heterocycles. The first-order valence-corrected chi connectivity index (χ1v) is 8.13. The smallest absolute Gasteiger partial charge is 0.211 e. The lowest BCUT2D eigenvalue weighted by molar-refractivity contribution is 0.520. The van der Waals surface area contributed by atoms with Crippen LogP contribution in [0.1, 0.15) is 23.6 Å². The highest BCUT2D eigenvalue weighted by Crippen LogP contribution is 2.05. The van der Waals surface area contributed by atoms with Gasteiger partial charge in [-0.1, -0.05) is 30.3 Å². The highest BCUT2D eigenvalue weighted by atomic mass is 32.2. The number of hydrogen-bond acceptors (Lipinski definition) is 4. The molecular formula is C14H18N2O3S. The molecule has 0 aliphatic carbocycles. The van der Waals surface area contributed by atoms with E-state index in [1.807, 2.05) is 30.3 Å². The molecule has 1 heterocycles. The Morgan fingerprint density at radius 3 is 2.65 bits per heavy atom. The van der Waals surface area contributed by atoms with Gasteiger partial charge in [0.05, 0.1) is 18.0 Å². The van der Waals surface area contributed by atoms with Gasteiger partial charge < -0.3 is 4.42 Å². The van der Waals surface area contributed by atoms with Gasteiger partial charge in [-0.25, -0.2) is 18.1 Å². The Morgan fingerprint density at radius 1 is 1.25 bits per heavy atom. The Balaban J connectivity index is 1.76. The number of nitrogens with zero attached hydrogens (tertiary/aromatic N) is 1. The molecule has 20 heavy (non-hydrogen) atoms. The van der Waals surface area contributed by atoms with Gasteiger partial charge in [0.1, 0.15) is 6.26 Å². The van der Waals surface area contributed by atoms with Crippen LogP contribution in [-0.2, 0) is 23.0 Å². The highest BCUT2D eigenvalue weighted by Gasteiger charge is 2.11. The zero-order valence-corrected chi connectivity index (χ0v) is 12.2. The second-order valence-electron chi connectivity index (χ2n) is 4.59. The minimum absolute atomic E-state index is 0.110.